The molecule has 0 bridgehead atoms. The van der Waals surface area contributed by atoms with Crippen molar-refractivity contribution in [1.82, 2.24) is 0 Å². The number of aliphatic imine (C=N–C) groups is 1. The van der Waals surface area contributed by atoms with Gasteiger partial charge in [0.25, 0.3) is 0 Å². The van der Waals surface area contributed by atoms with E-state index in [0.29, 0.717) is 5.92 Å². The Morgan fingerprint density at radius 2 is 1.27 bits per heavy atom. The Balaban J connectivity index is 4.74. The Morgan fingerprint density at radius 1 is 0.808 bits per heavy atom. The molecule has 0 radical (unpaired) electrons. The fourth-order valence-electron chi connectivity index (χ4n) is 2.68. The van der Waals surface area contributed by atoms with Gasteiger partial charge in [-0.05, 0) is 44.9 Å². The van der Waals surface area contributed by atoms with Crippen molar-refractivity contribution in [3.05, 3.63) is 0 Å². The summed E-state index contributed by atoms with van der Waals surface area (Å²) in [6, 6.07) is 0.878. The van der Waals surface area contributed by atoms with Crippen molar-refractivity contribution < 1.29 is 13.3 Å². The summed E-state index contributed by atoms with van der Waals surface area (Å²) in [5.41, 5.74) is 1.25. The number of unbranched alkanes of at least 4 members (excludes halogenated alkanes) is 3. The molecule has 0 saturated carbocycles. The maximum absolute atomic E-state index is 6.28. The first-order valence-electron chi connectivity index (χ1n) is 10.9. The lowest BCUT2D eigenvalue weighted by Crippen LogP contribution is -2.46. The topological polar surface area (TPSA) is 40.0 Å². The van der Waals surface area contributed by atoms with Crippen molar-refractivity contribution in [3.8, 4) is 0 Å². The standard InChI is InChI=1S/C21H45NO3Si/c1-7-10-15-23-26(24-16-11-8-2,25-17-12-9-3)18-13-14-22-21(6)19-20(4)5/h20H,7-19H2,1-6H3. The van der Waals surface area contributed by atoms with Gasteiger partial charge in [0.2, 0.25) is 0 Å². The molecule has 0 aliphatic rings. The van der Waals surface area contributed by atoms with Crippen molar-refractivity contribution in [2.24, 2.45) is 10.9 Å². The molecule has 0 rings (SSSR count). The summed E-state index contributed by atoms with van der Waals surface area (Å²) >= 11 is 0. The summed E-state index contributed by atoms with van der Waals surface area (Å²) in [7, 11) is -2.58. The van der Waals surface area contributed by atoms with Gasteiger partial charge >= 0.3 is 8.80 Å². The van der Waals surface area contributed by atoms with Crippen LogP contribution in [-0.2, 0) is 13.3 Å². The maximum Gasteiger partial charge on any atom is 0.501 e. The first kappa shape index (κ1) is 25.8. The monoisotopic (exact) mass is 387 g/mol. The molecule has 0 fully saturated rings. The van der Waals surface area contributed by atoms with Crippen molar-refractivity contribution in [2.45, 2.75) is 99.0 Å². The second-order valence-electron chi connectivity index (χ2n) is 7.61. The summed E-state index contributed by atoms with van der Waals surface area (Å²) in [6.45, 7) is 16.3. The minimum Gasteiger partial charge on any atom is -0.373 e. The molecule has 156 valence electrons. The van der Waals surface area contributed by atoms with Gasteiger partial charge in [0, 0.05) is 38.1 Å². The molecule has 0 aromatic heterocycles. The average molecular weight is 388 g/mol. The molecular weight excluding hydrogens is 342 g/mol. The van der Waals surface area contributed by atoms with E-state index in [0.717, 1.165) is 83.8 Å². The van der Waals surface area contributed by atoms with Crippen molar-refractivity contribution in [2.75, 3.05) is 26.4 Å². The molecule has 0 spiro atoms. The summed E-state index contributed by atoms with van der Waals surface area (Å²) in [6.07, 6.45) is 8.65. The highest BCUT2D eigenvalue weighted by Crippen LogP contribution is 2.20. The summed E-state index contributed by atoms with van der Waals surface area (Å²) in [5, 5.41) is 0. The number of hydrogen-bond acceptors (Lipinski definition) is 4. The third-order valence-electron chi connectivity index (χ3n) is 4.19. The van der Waals surface area contributed by atoms with Crippen LogP contribution in [-0.4, -0.2) is 40.9 Å². The van der Waals surface area contributed by atoms with Gasteiger partial charge in [-0.3, -0.25) is 4.99 Å². The van der Waals surface area contributed by atoms with Crippen LogP contribution in [0.15, 0.2) is 4.99 Å². The van der Waals surface area contributed by atoms with Gasteiger partial charge in [-0.2, -0.15) is 0 Å². The van der Waals surface area contributed by atoms with Crippen LogP contribution >= 0.6 is 0 Å². The van der Waals surface area contributed by atoms with E-state index in [1.54, 1.807) is 0 Å². The molecule has 4 nitrogen and oxygen atoms in total. The Labute approximate surface area is 164 Å². The normalized spacial score (nSPS) is 13.0. The molecule has 26 heavy (non-hydrogen) atoms. The van der Waals surface area contributed by atoms with E-state index in [2.05, 4.69) is 41.5 Å². The van der Waals surface area contributed by atoms with E-state index < -0.39 is 8.80 Å². The summed E-state index contributed by atoms with van der Waals surface area (Å²) in [5.74, 6) is 0.666. The molecule has 0 atom stereocenters. The van der Waals surface area contributed by atoms with Crippen molar-refractivity contribution in [3.63, 3.8) is 0 Å². The Morgan fingerprint density at radius 3 is 1.65 bits per heavy atom. The fourth-order valence-corrected chi connectivity index (χ4v) is 5.32. The molecule has 0 saturated heterocycles. The van der Waals surface area contributed by atoms with Gasteiger partial charge in [-0.15, -0.1) is 0 Å². The van der Waals surface area contributed by atoms with Crippen molar-refractivity contribution >= 4 is 14.5 Å². The van der Waals surface area contributed by atoms with E-state index in [1.165, 1.54) is 5.71 Å². The molecular formula is C21H45NO3Si. The van der Waals surface area contributed by atoms with Crippen LogP contribution in [0.5, 0.6) is 0 Å². The third kappa shape index (κ3) is 13.9. The lowest BCUT2D eigenvalue weighted by atomic mass is 10.1. The largest absolute Gasteiger partial charge is 0.501 e. The molecule has 0 heterocycles. The SMILES string of the molecule is CCCCO[Si](CCCN=C(C)CC(C)C)(OCCCC)OCCCC. The van der Waals surface area contributed by atoms with Gasteiger partial charge in [0.1, 0.15) is 0 Å². The summed E-state index contributed by atoms with van der Waals surface area (Å²) in [4.78, 5) is 4.73. The molecule has 0 aromatic rings. The Hall–Kier alpha value is -0.233. The predicted octanol–water partition coefficient (Wildman–Crippen LogP) is 6.27. The Kier molecular flexibility index (Phi) is 16.8. The smallest absolute Gasteiger partial charge is 0.373 e. The molecule has 0 aliphatic carbocycles. The fraction of sp³-hybridized carbons (Fsp3) is 0.952. The maximum atomic E-state index is 6.28. The second kappa shape index (κ2) is 16.9. The molecule has 0 aromatic carbocycles. The van der Waals surface area contributed by atoms with E-state index in [1.807, 2.05) is 0 Å². The van der Waals surface area contributed by atoms with Gasteiger partial charge in [0.05, 0.1) is 0 Å². The van der Waals surface area contributed by atoms with Crippen molar-refractivity contribution in [1.29, 1.82) is 0 Å². The van der Waals surface area contributed by atoms with Crippen LogP contribution in [0.25, 0.3) is 0 Å². The highest BCUT2D eigenvalue weighted by molar-refractivity contribution is 6.60. The Bertz CT molecular complexity index is 322. The van der Waals surface area contributed by atoms with Crippen LogP contribution in [0.4, 0.5) is 0 Å². The van der Waals surface area contributed by atoms with E-state index in [4.69, 9.17) is 18.3 Å². The lowest BCUT2D eigenvalue weighted by molar-refractivity contribution is 0.0560. The minimum atomic E-state index is -2.58. The number of nitrogens with zero attached hydrogens (tertiary/aromatic N) is 1. The van der Waals surface area contributed by atoms with Crippen LogP contribution in [0.2, 0.25) is 6.04 Å². The highest BCUT2D eigenvalue weighted by atomic mass is 28.4. The molecule has 0 unspecified atom stereocenters. The second-order valence-corrected chi connectivity index (χ2v) is 10.3. The van der Waals surface area contributed by atoms with Gasteiger partial charge in [-0.25, -0.2) is 0 Å². The van der Waals surface area contributed by atoms with E-state index >= 15 is 0 Å². The average Bonchev–Trinajstić information content (AvgIpc) is 2.59. The first-order valence-corrected chi connectivity index (χ1v) is 12.8. The summed E-state index contributed by atoms with van der Waals surface area (Å²) < 4.78 is 18.8. The predicted molar refractivity (Wildman–Crippen MR) is 115 cm³/mol. The number of rotatable bonds is 18. The van der Waals surface area contributed by atoms with Crippen LogP contribution in [0, 0.1) is 5.92 Å². The quantitative estimate of drug-likeness (QED) is 0.158. The van der Waals surface area contributed by atoms with Crippen LogP contribution in [0.1, 0.15) is 92.9 Å². The van der Waals surface area contributed by atoms with Gasteiger partial charge in [-0.1, -0.05) is 53.9 Å². The molecule has 5 heteroatoms. The highest BCUT2D eigenvalue weighted by Gasteiger charge is 2.40. The zero-order chi connectivity index (χ0) is 19.7. The molecule has 0 N–H and O–H groups in total. The zero-order valence-electron chi connectivity index (χ0n) is 18.4. The molecule has 0 amide bonds. The van der Waals surface area contributed by atoms with E-state index in [-0.39, 0.29) is 0 Å². The van der Waals surface area contributed by atoms with Crippen LogP contribution < -0.4 is 0 Å². The number of hydrogen-bond donors (Lipinski definition) is 0. The first-order chi connectivity index (χ1) is 12.5. The lowest BCUT2D eigenvalue weighted by Gasteiger charge is -2.30. The molecule has 0 aliphatic heterocycles. The van der Waals surface area contributed by atoms with E-state index in [9.17, 15) is 0 Å². The zero-order valence-corrected chi connectivity index (χ0v) is 19.4. The van der Waals surface area contributed by atoms with Gasteiger partial charge in [0.15, 0.2) is 0 Å². The minimum absolute atomic E-state index is 0.666. The van der Waals surface area contributed by atoms with Crippen LogP contribution in [0.3, 0.4) is 0 Å². The third-order valence-corrected chi connectivity index (χ3v) is 7.08. The van der Waals surface area contributed by atoms with Gasteiger partial charge < -0.3 is 13.3 Å².